The molecule has 0 saturated carbocycles. The minimum absolute atomic E-state index is 0.449. The smallest absolute Gasteiger partial charge is 0.151 e. The molecule has 0 bridgehead atoms. The molecule has 6 heteroatoms. The molecule has 4 nitrogen and oxygen atoms in total. The molecule has 1 heterocycles. The van der Waals surface area contributed by atoms with Gasteiger partial charge in [0.05, 0.1) is 22.8 Å². The summed E-state index contributed by atoms with van der Waals surface area (Å²) in [6.45, 7) is 4.70. The van der Waals surface area contributed by atoms with Crippen LogP contribution in [0, 0.1) is 6.92 Å². The third-order valence-corrected chi connectivity index (χ3v) is 3.46. The Balaban J connectivity index is 2.39. The van der Waals surface area contributed by atoms with E-state index < -0.39 is 0 Å². The summed E-state index contributed by atoms with van der Waals surface area (Å²) in [7, 11) is 1.62. The van der Waals surface area contributed by atoms with Crippen LogP contribution in [-0.4, -0.2) is 18.6 Å². The molecule has 0 aliphatic heterocycles. The van der Waals surface area contributed by atoms with Crippen molar-refractivity contribution < 1.29 is 4.74 Å². The second-order valence-electron chi connectivity index (χ2n) is 4.51. The van der Waals surface area contributed by atoms with E-state index in [-0.39, 0.29) is 0 Å². The number of pyridine rings is 1. The van der Waals surface area contributed by atoms with Crippen molar-refractivity contribution >= 4 is 40.5 Å². The van der Waals surface area contributed by atoms with Crippen LogP contribution in [-0.2, 0) is 0 Å². The van der Waals surface area contributed by atoms with Crippen molar-refractivity contribution in [2.45, 2.75) is 13.8 Å². The lowest BCUT2D eigenvalue weighted by atomic mass is 10.2. The van der Waals surface area contributed by atoms with Crippen LogP contribution in [0.3, 0.4) is 0 Å². The fourth-order valence-corrected chi connectivity index (χ4v) is 2.37. The largest absolute Gasteiger partial charge is 0.495 e. The van der Waals surface area contributed by atoms with Crippen molar-refractivity contribution in [2.75, 3.05) is 24.3 Å². The standard InChI is InChI=1S/C15H17Cl2N3O/c1-4-18-14-10(16)8-11(17)15(20-14)19-12-7-9(2)5-6-13(12)21-3/h5-8H,4H2,1-3H3,(H2,18,19,20). The van der Waals surface area contributed by atoms with Gasteiger partial charge in [0.2, 0.25) is 0 Å². The van der Waals surface area contributed by atoms with Gasteiger partial charge in [-0.3, -0.25) is 0 Å². The van der Waals surface area contributed by atoms with Crippen LogP contribution in [0.5, 0.6) is 5.75 Å². The van der Waals surface area contributed by atoms with Crippen molar-refractivity contribution in [1.29, 1.82) is 0 Å². The number of aryl methyl sites for hydroxylation is 1. The van der Waals surface area contributed by atoms with Gasteiger partial charge in [-0.2, -0.15) is 0 Å². The zero-order valence-electron chi connectivity index (χ0n) is 12.1. The van der Waals surface area contributed by atoms with Crippen LogP contribution < -0.4 is 15.4 Å². The van der Waals surface area contributed by atoms with Gasteiger partial charge in [0.1, 0.15) is 11.6 Å². The number of nitrogens with zero attached hydrogens (tertiary/aromatic N) is 1. The average Bonchev–Trinajstić information content (AvgIpc) is 2.44. The Morgan fingerprint density at radius 2 is 1.86 bits per heavy atom. The summed E-state index contributed by atoms with van der Waals surface area (Å²) in [4.78, 5) is 4.42. The third kappa shape index (κ3) is 3.71. The Hall–Kier alpha value is -1.65. The number of nitrogens with one attached hydrogen (secondary N) is 2. The Morgan fingerprint density at radius 3 is 2.52 bits per heavy atom. The molecule has 0 aliphatic rings. The number of ether oxygens (including phenoxy) is 1. The fraction of sp³-hybridized carbons (Fsp3) is 0.267. The summed E-state index contributed by atoms with van der Waals surface area (Å²) in [6.07, 6.45) is 0. The van der Waals surface area contributed by atoms with Crippen molar-refractivity contribution in [1.82, 2.24) is 4.98 Å². The maximum absolute atomic E-state index is 6.21. The first kappa shape index (κ1) is 15.7. The van der Waals surface area contributed by atoms with Crippen LogP contribution in [0.2, 0.25) is 10.0 Å². The van der Waals surface area contributed by atoms with E-state index in [1.807, 2.05) is 32.0 Å². The van der Waals surface area contributed by atoms with Crippen molar-refractivity contribution in [3.63, 3.8) is 0 Å². The van der Waals surface area contributed by atoms with Crippen molar-refractivity contribution in [3.05, 3.63) is 39.9 Å². The van der Waals surface area contributed by atoms with Gasteiger partial charge in [0, 0.05) is 6.54 Å². The molecule has 0 atom stereocenters. The molecule has 21 heavy (non-hydrogen) atoms. The van der Waals surface area contributed by atoms with E-state index in [9.17, 15) is 0 Å². The Kier molecular flexibility index (Phi) is 5.15. The number of benzene rings is 1. The zero-order chi connectivity index (χ0) is 15.4. The predicted molar refractivity (Wildman–Crippen MR) is 89.4 cm³/mol. The number of halogens is 2. The molecule has 0 fully saturated rings. The molecule has 0 amide bonds. The van der Waals surface area contributed by atoms with E-state index in [4.69, 9.17) is 27.9 Å². The van der Waals surface area contributed by atoms with Gasteiger partial charge in [-0.05, 0) is 37.6 Å². The van der Waals surface area contributed by atoms with Gasteiger partial charge in [-0.15, -0.1) is 0 Å². The summed E-state index contributed by atoms with van der Waals surface area (Å²) in [6, 6.07) is 7.51. The Labute approximate surface area is 134 Å². The highest BCUT2D eigenvalue weighted by Crippen LogP contribution is 2.34. The van der Waals surface area contributed by atoms with Crippen LogP contribution in [0.25, 0.3) is 0 Å². The van der Waals surface area contributed by atoms with Gasteiger partial charge in [-0.25, -0.2) is 4.98 Å². The first-order chi connectivity index (χ1) is 10.0. The minimum atomic E-state index is 0.449. The molecule has 1 aromatic carbocycles. The maximum Gasteiger partial charge on any atom is 0.151 e. The molecule has 0 unspecified atom stereocenters. The predicted octanol–water partition coefficient (Wildman–Crippen LogP) is 4.88. The van der Waals surface area contributed by atoms with E-state index in [0.717, 1.165) is 23.5 Å². The van der Waals surface area contributed by atoms with E-state index in [1.165, 1.54) is 0 Å². The molecule has 112 valence electrons. The van der Waals surface area contributed by atoms with Crippen LogP contribution in [0.15, 0.2) is 24.3 Å². The van der Waals surface area contributed by atoms with E-state index in [1.54, 1.807) is 13.2 Å². The number of hydrogen-bond donors (Lipinski definition) is 2. The first-order valence-electron chi connectivity index (χ1n) is 6.56. The second-order valence-corrected chi connectivity index (χ2v) is 5.32. The average molecular weight is 326 g/mol. The molecule has 2 aromatic rings. The summed E-state index contributed by atoms with van der Waals surface area (Å²) in [5.74, 6) is 1.84. The molecule has 2 rings (SSSR count). The summed E-state index contributed by atoms with van der Waals surface area (Å²) >= 11 is 12.3. The van der Waals surface area contributed by atoms with Crippen LogP contribution in [0.1, 0.15) is 12.5 Å². The van der Waals surface area contributed by atoms with Gasteiger partial charge < -0.3 is 15.4 Å². The lowest BCUT2D eigenvalue weighted by Gasteiger charge is -2.14. The summed E-state index contributed by atoms with van der Waals surface area (Å²) < 4.78 is 5.34. The zero-order valence-corrected chi connectivity index (χ0v) is 13.6. The summed E-state index contributed by atoms with van der Waals surface area (Å²) in [5.41, 5.74) is 1.91. The Bertz CT molecular complexity index is 647. The van der Waals surface area contributed by atoms with E-state index >= 15 is 0 Å². The van der Waals surface area contributed by atoms with Crippen molar-refractivity contribution in [3.8, 4) is 5.75 Å². The molecular weight excluding hydrogens is 309 g/mol. The highest BCUT2D eigenvalue weighted by atomic mass is 35.5. The monoisotopic (exact) mass is 325 g/mol. The molecule has 1 aromatic heterocycles. The normalized spacial score (nSPS) is 10.3. The minimum Gasteiger partial charge on any atom is -0.495 e. The van der Waals surface area contributed by atoms with Crippen molar-refractivity contribution in [2.24, 2.45) is 0 Å². The first-order valence-corrected chi connectivity index (χ1v) is 7.32. The number of hydrogen-bond acceptors (Lipinski definition) is 4. The number of methoxy groups -OCH3 is 1. The molecule has 0 saturated heterocycles. The number of rotatable bonds is 5. The molecular formula is C15H17Cl2N3O. The fourth-order valence-electron chi connectivity index (χ4n) is 1.89. The molecule has 2 N–H and O–H groups in total. The molecule has 0 spiro atoms. The highest BCUT2D eigenvalue weighted by Gasteiger charge is 2.11. The van der Waals surface area contributed by atoms with E-state index in [2.05, 4.69) is 15.6 Å². The topological polar surface area (TPSA) is 46.2 Å². The molecule has 0 radical (unpaired) electrons. The summed E-state index contributed by atoms with van der Waals surface area (Å²) in [5, 5.41) is 7.23. The lowest BCUT2D eigenvalue weighted by molar-refractivity contribution is 0.416. The molecule has 0 aliphatic carbocycles. The van der Waals surface area contributed by atoms with Gasteiger partial charge in [-0.1, -0.05) is 29.3 Å². The van der Waals surface area contributed by atoms with Gasteiger partial charge in [0.15, 0.2) is 5.82 Å². The van der Waals surface area contributed by atoms with Gasteiger partial charge in [0.25, 0.3) is 0 Å². The van der Waals surface area contributed by atoms with Gasteiger partial charge >= 0.3 is 0 Å². The highest BCUT2D eigenvalue weighted by molar-refractivity contribution is 6.37. The quantitative estimate of drug-likeness (QED) is 0.822. The lowest BCUT2D eigenvalue weighted by Crippen LogP contribution is -2.04. The number of aromatic nitrogens is 1. The third-order valence-electron chi connectivity index (χ3n) is 2.88. The van der Waals surface area contributed by atoms with Crippen LogP contribution >= 0.6 is 23.2 Å². The number of anilines is 3. The second kappa shape index (κ2) is 6.87. The SMILES string of the molecule is CCNc1nc(Nc2cc(C)ccc2OC)c(Cl)cc1Cl. The van der Waals surface area contributed by atoms with Crippen LogP contribution in [0.4, 0.5) is 17.3 Å². The maximum atomic E-state index is 6.21. The van der Waals surface area contributed by atoms with E-state index in [0.29, 0.717) is 21.7 Å². The Morgan fingerprint density at radius 1 is 1.14 bits per heavy atom.